The number of fused-ring (bicyclic) bond motifs is 3. The van der Waals surface area contributed by atoms with E-state index in [4.69, 9.17) is 0 Å². The van der Waals surface area contributed by atoms with Crippen molar-refractivity contribution in [3.8, 4) is 11.1 Å². The molecular formula is C18H20. The summed E-state index contributed by atoms with van der Waals surface area (Å²) in [5, 5.41) is 0. The van der Waals surface area contributed by atoms with E-state index in [1.54, 1.807) is 5.56 Å². The van der Waals surface area contributed by atoms with E-state index < -0.39 is 0 Å². The normalized spacial score (nSPS) is 17.1. The van der Waals surface area contributed by atoms with Gasteiger partial charge in [0.05, 0.1) is 0 Å². The van der Waals surface area contributed by atoms with Crippen LogP contribution in [0.3, 0.4) is 0 Å². The van der Waals surface area contributed by atoms with Crippen LogP contribution in [-0.2, 0) is 6.42 Å². The first-order valence-corrected chi connectivity index (χ1v) is 7.07. The van der Waals surface area contributed by atoms with Gasteiger partial charge in [0.1, 0.15) is 0 Å². The minimum Gasteiger partial charge on any atom is -0.0654 e. The molecule has 1 atom stereocenters. The number of benzene rings is 2. The maximum absolute atomic E-state index is 2.33. The molecule has 0 aromatic heterocycles. The van der Waals surface area contributed by atoms with Crippen LogP contribution in [0.15, 0.2) is 48.5 Å². The van der Waals surface area contributed by atoms with E-state index in [0.29, 0.717) is 0 Å². The van der Waals surface area contributed by atoms with Crippen LogP contribution in [0.4, 0.5) is 0 Å². The quantitative estimate of drug-likeness (QED) is 0.688. The highest BCUT2D eigenvalue weighted by Gasteiger charge is 2.23. The Morgan fingerprint density at radius 1 is 0.944 bits per heavy atom. The van der Waals surface area contributed by atoms with Crippen molar-refractivity contribution >= 4 is 0 Å². The third kappa shape index (κ3) is 1.96. The van der Waals surface area contributed by atoms with Gasteiger partial charge in [-0.25, -0.2) is 0 Å². The summed E-state index contributed by atoms with van der Waals surface area (Å²) in [7, 11) is 0. The summed E-state index contributed by atoms with van der Waals surface area (Å²) >= 11 is 0. The predicted molar refractivity (Wildman–Crippen MR) is 77.8 cm³/mol. The SMILES string of the molecule is CCCCC1Cc2ccccc2-c2ccccc21. The lowest BCUT2D eigenvalue weighted by Crippen LogP contribution is -2.11. The lowest BCUT2D eigenvalue weighted by molar-refractivity contribution is 0.577. The van der Waals surface area contributed by atoms with E-state index in [-0.39, 0.29) is 0 Å². The van der Waals surface area contributed by atoms with Crippen LogP contribution in [0.25, 0.3) is 11.1 Å². The third-order valence-corrected chi connectivity index (χ3v) is 4.08. The molecule has 0 spiro atoms. The minimum absolute atomic E-state index is 0.719. The molecule has 0 bridgehead atoms. The molecule has 0 radical (unpaired) electrons. The molecule has 0 saturated carbocycles. The molecule has 0 heteroatoms. The molecule has 0 fully saturated rings. The van der Waals surface area contributed by atoms with Gasteiger partial charge in [-0.05, 0) is 41.0 Å². The smallest absolute Gasteiger partial charge is 0.0115 e. The second-order valence-electron chi connectivity index (χ2n) is 5.29. The van der Waals surface area contributed by atoms with Crippen molar-refractivity contribution in [2.24, 2.45) is 0 Å². The Bertz CT molecular complexity index is 539. The summed E-state index contributed by atoms with van der Waals surface area (Å²) in [6.45, 7) is 2.28. The average Bonchev–Trinajstić information content (AvgIpc) is 2.45. The Hall–Kier alpha value is -1.56. The second kappa shape index (κ2) is 4.97. The molecule has 0 N–H and O–H groups in total. The molecule has 92 valence electrons. The highest BCUT2D eigenvalue weighted by Crippen LogP contribution is 2.41. The first-order valence-electron chi connectivity index (χ1n) is 7.07. The van der Waals surface area contributed by atoms with Gasteiger partial charge in [0.2, 0.25) is 0 Å². The van der Waals surface area contributed by atoms with Gasteiger partial charge in [-0.2, -0.15) is 0 Å². The summed E-state index contributed by atoms with van der Waals surface area (Å²) < 4.78 is 0. The van der Waals surface area contributed by atoms with Gasteiger partial charge in [0.15, 0.2) is 0 Å². The summed E-state index contributed by atoms with van der Waals surface area (Å²) in [6, 6.07) is 17.8. The molecule has 1 aliphatic rings. The molecule has 1 unspecified atom stereocenters. The monoisotopic (exact) mass is 236 g/mol. The first-order chi connectivity index (χ1) is 8.90. The van der Waals surface area contributed by atoms with Crippen molar-refractivity contribution in [1.82, 2.24) is 0 Å². The Morgan fingerprint density at radius 3 is 2.50 bits per heavy atom. The van der Waals surface area contributed by atoms with Crippen molar-refractivity contribution in [3.63, 3.8) is 0 Å². The van der Waals surface area contributed by atoms with E-state index >= 15 is 0 Å². The molecule has 0 nitrogen and oxygen atoms in total. The van der Waals surface area contributed by atoms with Crippen molar-refractivity contribution in [2.45, 2.75) is 38.5 Å². The van der Waals surface area contributed by atoms with Crippen LogP contribution in [0.2, 0.25) is 0 Å². The molecule has 0 aliphatic heterocycles. The zero-order valence-electron chi connectivity index (χ0n) is 11.0. The number of unbranched alkanes of at least 4 members (excludes halogenated alkanes) is 1. The topological polar surface area (TPSA) is 0 Å². The van der Waals surface area contributed by atoms with Crippen LogP contribution in [0, 0.1) is 0 Å². The van der Waals surface area contributed by atoms with Gasteiger partial charge in [-0.1, -0.05) is 68.3 Å². The van der Waals surface area contributed by atoms with Crippen molar-refractivity contribution in [2.75, 3.05) is 0 Å². The lowest BCUT2D eigenvalue weighted by atomic mass is 9.77. The van der Waals surface area contributed by atoms with Crippen LogP contribution in [-0.4, -0.2) is 0 Å². The molecule has 2 aromatic rings. The summed E-state index contributed by atoms with van der Waals surface area (Å²) in [4.78, 5) is 0. The van der Waals surface area contributed by atoms with E-state index in [1.807, 2.05) is 0 Å². The van der Waals surface area contributed by atoms with Gasteiger partial charge < -0.3 is 0 Å². The molecule has 2 aromatic carbocycles. The fourth-order valence-corrected chi connectivity index (χ4v) is 3.14. The Morgan fingerprint density at radius 2 is 1.67 bits per heavy atom. The van der Waals surface area contributed by atoms with E-state index in [1.165, 1.54) is 42.4 Å². The summed E-state index contributed by atoms with van der Waals surface area (Å²) in [6.07, 6.45) is 5.16. The van der Waals surface area contributed by atoms with Gasteiger partial charge in [0, 0.05) is 0 Å². The highest BCUT2D eigenvalue weighted by atomic mass is 14.3. The fraction of sp³-hybridized carbons (Fsp3) is 0.333. The van der Waals surface area contributed by atoms with Gasteiger partial charge in [-0.3, -0.25) is 0 Å². The summed E-state index contributed by atoms with van der Waals surface area (Å²) in [5.41, 5.74) is 5.99. The summed E-state index contributed by atoms with van der Waals surface area (Å²) in [5.74, 6) is 0.719. The largest absolute Gasteiger partial charge is 0.0654 e. The van der Waals surface area contributed by atoms with Crippen molar-refractivity contribution < 1.29 is 0 Å². The maximum atomic E-state index is 2.33. The van der Waals surface area contributed by atoms with Crippen LogP contribution >= 0.6 is 0 Å². The Kier molecular flexibility index (Phi) is 3.19. The number of rotatable bonds is 3. The third-order valence-electron chi connectivity index (χ3n) is 4.08. The molecule has 0 amide bonds. The number of hydrogen-bond donors (Lipinski definition) is 0. The lowest BCUT2D eigenvalue weighted by Gasteiger charge is -2.27. The fourth-order valence-electron chi connectivity index (χ4n) is 3.14. The van der Waals surface area contributed by atoms with E-state index in [2.05, 4.69) is 55.5 Å². The molecule has 3 rings (SSSR count). The zero-order chi connectivity index (χ0) is 12.4. The zero-order valence-corrected chi connectivity index (χ0v) is 11.0. The van der Waals surface area contributed by atoms with Crippen LogP contribution in [0.1, 0.15) is 43.2 Å². The van der Waals surface area contributed by atoms with Crippen LogP contribution < -0.4 is 0 Å². The van der Waals surface area contributed by atoms with Gasteiger partial charge in [-0.15, -0.1) is 0 Å². The molecule has 0 saturated heterocycles. The van der Waals surface area contributed by atoms with Crippen molar-refractivity contribution in [3.05, 3.63) is 59.7 Å². The molecular weight excluding hydrogens is 216 g/mol. The standard InChI is InChI=1S/C18H20/c1-2-3-8-14-13-15-9-4-5-10-17(15)18-12-7-6-11-16(14)18/h4-7,9-12,14H,2-3,8,13H2,1H3. The highest BCUT2D eigenvalue weighted by molar-refractivity contribution is 5.73. The van der Waals surface area contributed by atoms with Gasteiger partial charge in [0.25, 0.3) is 0 Å². The van der Waals surface area contributed by atoms with Crippen LogP contribution in [0.5, 0.6) is 0 Å². The maximum Gasteiger partial charge on any atom is -0.0115 e. The number of hydrogen-bond acceptors (Lipinski definition) is 0. The van der Waals surface area contributed by atoms with E-state index in [0.717, 1.165) is 5.92 Å². The van der Waals surface area contributed by atoms with Crippen molar-refractivity contribution in [1.29, 1.82) is 0 Å². The molecule has 1 aliphatic carbocycles. The molecule has 0 heterocycles. The Balaban J connectivity index is 2.05. The predicted octanol–water partition coefficient (Wildman–Crippen LogP) is 5.18. The first kappa shape index (κ1) is 11.5. The molecule has 18 heavy (non-hydrogen) atoms. The average molecular weight is 236 g/mol. The minimum atomic E-state index is 0.719. The van der Waals surface area contributed by atoms with Gasteiger partial charge >= 0.3 is 0 Å². The van der Waals surface area contributed by atoms with E-state index in [9.17, 15) is 0 Å². The Labute approximate surface area is 110 Å². The second-order valence-corrected chi connectivity index (χ2v) is 5.29.